The van der Waals surface area contributed by atoms with Crippen LogP contribution >= 0.6 is 11.8 Å². The average molecular weight is 334 g/mol. The maximum atomic E-state index is 4.78. The van der Waals surface area contributed by atoms with Gasteiger partial charge in [-0.25, -0.2) is 4.98 Å². The van der Waals surface area contributed by atoms with Gasteiger partial charge < -0.3 is 4.57 Å². The molecule has 0 bridgehead atoms. The van der Waals surface area contributed by atoms with Crippen LogP contribution in [0.2, 0.25) is 0 Å². The van der Waals surface area contributed by atoms with Crippen molar-refractivity contribution in [1.82, 2.24) is 19.7 Å². The lowest BCUT2D eigenvalue weighted by atomic mass is 10.1. The highest BCUT2D eigenvalue weighted by Gasteiger charge is 2.13. The van der Waals surface area contributed by atoms with E-state index >= 15 is 0 Å². The fourth-order valence-corrected chi connectivity index (χ4v) is 3.84. The monoisotopic (exact) mass is 334 g/mol. The van der Waals surface area contributed by atoms with Crippen molar-refractivity contribution in [2.45, 2.75) is 31.3 Å². The summed E-state index contributed by atoms with van der Waals surface area (Å²) >= 11 is 1.63. The average Bonchev–Trinajstić information content (AvgIpc) is 2.94. The van der Waals surface area contributed by atoms with Gasteiger partial charge in [-0.2, -0.15) is 0 Å². The molecule has 0 saturated carbocycles. The van der Waals surface area contributed by atoms with Crippen LogP contribution in [0.25, 0.3) is 22.1 Å². The number of thioether (sulfide) groups is 1. The Morgan fingerprint density at radius 2 is 1.79 bits per heavy atom. The molecule has 0 atom stereocenters. The van der Waals surface area contributed by atoms with Gasteiger partial charge >= 0.3 is 0 Å². The second-order valence-electron chi connectivity index (χ2n) is 5.74. The molecule has 0 amide bonds. The SMILES string of the molecule is CCn1c2ccccc2c2nnc(SCc3ccccc3C)nc21. The Balaban J connectivity index is 1.73. The largest absolute Gasteiger partial charge is 0.324 e. The molecule has 0 N–H and O–H groups in total. The van der Waals surface area contributed by atoms with Crippen molar-refractivity contribution in [3.63, 3.8) is 0 Å². The van der Waals surface area contributed by atoms with E-state index in [1.165, 1.54) is 11.1 Å². The number of nitrogens with zero attached hydrogens (tertiary/aromatic N) is 4. The molecule has 2 aromatic heterocycles. The third-order valence-electron chi connectivity index (χ3n) is 4.29. The second kappa shape index (κ2) is 6.24. The summed E-state index contributed by atoms with van der Waals surface area (Å²) in [5.41, 5.74) is 5.57. The number of hydrogen-bond acceptors (Lipinski definition) is 4. The fraction of sp³-hybridized carbons (Fsp3) is 0.211. The summed E-state index contributed by atoms with van der Waals surface area (Å²) < 4.78 is 2.21. The van der Waals surface area contributed by atoms with Crippen molar-refractivity contribution >= 4 is 33.8 Å². The molecule has 120 valence electrons. The zero-order valence-electron chi connectivity index (χ0n) is 13.7. The van der Waals surface area contributed by atoms with E-state index in [0.29, 0.717) is 0 Å². The van der Waals surface area contributed by atoms with E-state index in [-0.39, 0.29) is 0 Å². The Hall–Kier alpha value is -2.40. The van der Waals surface area contributed by atoms with Crippen LogP contribution in [0, 0.1) is 6.92 Å². The predicted molar refractivity (Wildman–Crippen MR) is 99.2 cm³/mol. The highest BCUT2D eigenvalue weighted by Crippen LogP contribution is 2.28. The molecule has 5 heteroatoms. The smallest absolute Gasteiger partial charge is 0.211 e. The van der Waals surface area contributed by atoms with Crippen LogP contribution in [0.1, 0.15) is 18.1 Å². The lowest BCUT2D eigenvalue weighted by Crippen LogP contribution is -1.98. The number of para-hydroxylation sites is 1. The molecule has 24 heavy (non-hydrogen) atoms. The van der Waals surface area contributed by atoms with Crippen LogP contribution < -0.4 is 0 Å². The normalized spacial score (nSPS) is 11.4. The van der Waals surface area contributed by atoms with Gasteiger partial charge in [0.25, 0.3) is 0 Å². The van der Waals surface area contributed by atoms with Gasteiger partial charge in [-0.05, 0) is 31.0 Å². The number of rotatable bonds is 4. The number of aromatic nitrogens is 4. The van der Waals surface area contributed by atoms with Crippen LogP contribution in [-0.2, 0) is 12.3 Å². The first-order chi connectivity index (χ1) is 11.8. The van der Waals surface area contributed by atoms with Gasteiger partial charge in [-0.1, -0.05) is 54.2 Å². The molecule has 0 unspecified atom stereocenters. The van der Waals surface area contributed by atoms with Crippen LogP contribution in [0.3, 0.4) is 0 Å². The molecule has 4 rings (SSSR count). The van der Waals surface area contributed by atoms with Crippen molar-refractivity contribution in [3.05, 3.63) is 59.7 Å². The second-order valence-corrected chi connectivity index (χ2v) is 6.69. The van der Waals surface area contributed by atoms with E-state index in [4.69, 9.17) is 4.98 Å². The minimum Gasteiger partial charge on any atom is -0.324 e. The summed E-state index contributed by atoms with van der Waals surface area (Å²) in [4.78, 5) is 4.78. The maximum Gasteiger partial charge on any atom is 0.211 e. The highest BCUT2D eigenvalue weighted by atomic mass is 32.2. The molecule has 0 aliphatic carbocycles. The molecule has 0 aliphatic heterocycles. The first-order valence-corrected chi connectivity index (χ1v) is 9.05. The Kier molecular flexibility index (Phi) is 3.94. The summed E-state index contributed by atoms with van der Waals surface area (Å²) in [5, 5.41) is 10.6. The van der Waals surface area contributed by atoms with E-state index in [0.717, 1.165) is 39.5 Å². The molecule has 4 nitrogen and oxygen atoms in total. The molecule has 2 aromatic carbocycles. The van der Waals surface area contributed by atoms with Gasteiger partial charge in [-0.3, -0.25) is 0 Å². The Morgan fingerprint density at radius 1 is 1.00 bits per heavy atom. The molecule has 0 saturated heterocycles. The third-order valence-corrected chi connectivity index (χ3v) is 5.18. The fourth-order valence-electron chi connectivity index (χ4n) is 2.98. The van der Waals surface area contributed by atoms with Gasteiger partial charge in [0.1, 0.15) is 5.52 Å². The summed E-state index contributed by atoms with van der Waals surface area (Å²) in [6.45, 7) is 5.13. The van der Waals surface area contributed by atoms with Crippen LogP contribution in [0.5, 0.6) is 0 Å². The third kappa shape index (κ3) is 2.55. The van der Waals surface area contributed by atoms with Crippen molar-refractivity contribution in [3.8, 4) is 0 Å². The summed E-state index contributed by atoms with van der Waals surface area (Å²) in [6.07, 6.45) is 0. The summed E-state index contributed by atoms with van der Waals surface area (Å²) in [6, 6.07) is 16.7. The van der Waals surface area contributed by atoms with E-state index in [1.807, 2.05) is 6.07 Å². The molecule has 0 fully saturated rings. The topological polar surface area (TPSA) is 43.6 Å². The molecular weight excluding hydrogens is 316 g/mol. The Labute approximate surface area is 144 Å². The van der Waals surface area contributed by atoms with Crippen LogP contribution in [-0.4, -0.2) is 19.7 Å². The number of benzene rings is 2. The number of hydrogen-bond donors (Lipinski definition) is 0. The zero-order chi connectivity index (χ0) is 16.5. The quantitative estimate of drug-likeness (QED) is 0.512. The van der Waals surface area contributed by atoms with E-state index in [1.54, 1.807) is 11.8 Å². The maximum absolute atomic E-state index is 4.78. The van der Waals surface area contributed by atoms with Crippen molar-refractivity contribution in [1.29, 1.82) is 0 Å². The van der Waals surface area contributed by atoms with E-state index in [2.05, 4.69) is 71.1 Å². The summed E-state index contributed by atoms with van der Waals surface area (Å²) in [5.74, 6) is 0.853. The first kappa shape index (κ1) is 15.1. The first-order valence-electron chi connectivity index (χ1n) is 8.07. The van der Waals surface area contributed by atoms with Crippen molar-refractivity contribution < 1.29 is 0 Å². The number of fused-ring (bicyclic) bond motifs is 3. The Morgan fingerprint density at radius 3 is 2.62 bits per heavy atom. The van der Waals surface area contributed by atoms with Crippen LogP contribution in [0.15, 0.2) is 53.7 Å². The minimum absolute atomic E-state index is 0.725. The number of aryl methyl sites for hydroxylation is 2. The van der Waals surface area contributed by atoms with E-state index in [9.17, 15) is 0 Å². The molecule has 0 aliphatic rings. The molecule has 4 aromatic rings. The van der Waals surface area contributed by atoms with Crippen molar-refractivity contribution in [2.75, 3.05) is 0 Å². The highest BCUT2D eigenvalue weighted by molar-refractivity contribution is 7.98. The van der Waals surface area contributed by atoms with Gasteiger partial charge in [0.15, 0.2) is 5.65 Å². The van der Waals surface area contributed by atoms with Crippen LogP contribution in [0.4, 0.5) is 0 Å². The predicted octanol–water partition coefficient (Wildman–Crippen LogP) is 4.60. The molecule has 0 radical (unpaired) electrons. The molecule has 0 spiro atoms. The zero-order valence-corrected chi connectivity index (χ0v) is 14.5. The lowest BCUT2D eigenvalue weighted by Gasteiger charge is -2.05. The molecule has 2 heterocycles. The van der Waals surface area contributed by atoms with Crippen molar-refractivity contribution in [2.24, 2.45) is 0 Å². The van der Waals surface area contributed by atoms with Gasteiger partial charge in [0, 0.05) is 17.7 Å². The van der Waals surface area contributed by atoms with Gasteiger partial charge in [0.2, 0.25) is 5.16 Å². The lowest BCUT2D eigenvalue weighted by molar-refractivity contribution is 0.789. The van der Waals surface area contributed by atoms with Gasteiger partial charge in [0.05, 0.1) is 5.52 Å². The summed E-state index contributed by atoms with van der Waals surface area (Å²) in [7, 11) is 0. The minimum atomic E-state index is 0.725. The standard InChI is InChI=1S/C19H18N4S/c1-3-23-16-11-7-6-10-15(16)17-18(23)20-19(22-21-17)24-12-14-9-5-4-8-13(14)2/h4-11H,3,12H2,1-2H3. The van der Waals surface area contributed by atoms with Gasteiger partial charge in [-0.15, -0.1) is 10.2 Å². The Bertz CT molecular complexity index is 1020. The molecular formula is C19H18N4S. The van der Waals surface area contributed by atoms with E-state index < -0.39 is 0 Å².